The molecule has 6 heteroatoms. The van der Waals surface area contributed by atoms with Gasteiger partial charge >= 0.3 is 5.97 Å². The van der Waals surface area contributed by atoms with E-state index in [1.165, 1.54) is 6.07 Å². The lowest BCUT2D eigenvalue weighted by Gasteiger charge is -2.13. The van der Waals surface area contributed by atoms with Crippen LogP contribution in [0.2, 0.25) is 0 Å². The third-order valence-corrected chi connectivity index (χ3v) is 2.96. The van der Waals surface area contributed by atoms with Gasteiger partial charge in [0, 0.05) is 26.6 Å². The first kappa shape index (κ1) is 14.8. The molecule has 1 N–H and O–H groups in total. The highest BCUT2D eigenvalue weighted by Crippen LogP contribution is 2.16. The maximum atomic E-state index is 11.1. The summed E-state index contributed by atoms with van der Waals surface area (Å²) in [6, 6.07) is 8.97. The van der Waals surface area contributed by atoms with E-state index in [0.717, 1.165) is 11.3 Å². The minimum Gasteiger partial charge on any atom is -0.497 e. The lowest BCUT2D eigenvalue weighted by Crippen LogP contribution is -2.15. The van der Waals surface area contributed by atoms with Crippen molar-refractivity contribution in [3.8, 4) is 5.75 Å². The molecule has 0 radical (unpaired) electrons. The number of nitrogens with zero attached hydrogens (tertiary/aromatic N) is 3. The molecule has 0 spiro atoms. The summed E-state index contributed by atoms with van der Waals surface area (Å²) in [6.07, 6.45) is 0.464. The van der Waals surface area contributed by atoms with E-state index in [-0.39, 0.29) is 5.69 Å². The maximum Gasteiger partial charge on any atom is 0.354 e. The maximum absolute atomic E-state index is 11.1. The Hall–Kier alpha value is -2.63. The third kappa shape index (κ3) is 3.68. The second kappa shape index (κ2) is 6.21. The van der Waals surface area contributed by atoms with E-state index < -0.39 is 5.97 Å². The molecule has 0 aliphatic carbocycles. The number of ether oxygens (including phenoxy) is 1. The molecular formula is C15H17N3O3. The molecule has 0 aliphatic rings. The van der Waals surface area contributed by atoms with Crippen molar-refractivity contribution in [2.45, 2.75) is 6.42 Å². The number of aromatic carboxylic acids is 1. The first-order valence-corrected chi connectivity index (χ1v) is 6.41. The summed E-state index contributed by atoms with van der Waals surface area (Å²) in [4.78, 5) is 21.4. The molecule has 6 nitrogen and oxygen atoms in total. The van der Waals surface area contributed by atoms with Crippen LogP contribution in [0.15, 0.2) is 30.3 Å². The van der Waals surface area contributed by atoms with Crippen LogP contribution in [0, 0.1) is 0 Å². The van der Waals surface area contributed by atoms with Gasteiger partial charge in [-0.15, -0.1) is 0 Å². The van der Waals surface area contributed by atoms with Gasteiger partial charge in [0.1, 0.15) is 17.4 Å². The van der Waals surface area contributed by atoms with Gasteiger partial charge in [0.2, 0.25) is 0 Å². The van der Waals surface area contributed by atoms with E-state index >= 15 is 0 Å². The average Bonchev–Trinajstić information content (AvgIpc) is 2.47. The molecule has 2 aromatic rings. The van der Waals surface area contributed by atoms with Crippen molar-refractivity contribution in [3.63, 3.8) is 0 Å². The van der Waals surface area contributed by atoms with Gasteiger partial charge in [0.05, 0.1) is 7.11 Å². The normalized spacial score (nSPS) is 10.2. The molecule has 21 heavy (non-hydrogen) atoms. The highest BCUT2D eigenvalue weighted by Gasteiger charge is 2.12. The molecule has 2 rings (SSSR count). The zero-order valence-electron chi connectivity index (χ0n) is 12.2. The van der Waals surface area contributed by atoms with Gasteiger partial charge in [0.15, 0.2) is 5.69 Å². The number of aromatic nitrogens is 2. The Labute approximate surface area is 123 Å². The van der Waals surface area contributed by atoms with Crippen LogP contribution in [-0.4, -0.2) is 42.2 Å². The van der Waals surface area contributed by atoms with Crippen LogP contribution in [0.5, 0.6) is 5.75 Å². The highest BCUT2D eigenvalue weighted by atomic mass is 16.5. The fourth-order valence-electron chi connectivity index (χ4n) is 1.83. The predicted octanol–water partition coefficient (Wildman–Crippen LogP) is 1.84. The Morgan fingerprint density at radius 3 is 2.43 bits per heavy atom. The molecule has 0 atom stereocenters. The van der Waals surface area contributed by atoms with Crippen LogP contribution < -0.4 is 9.64 Å². The van der Waals surface area contributed by atoms with Gasteiger partial charge in [-0.1, -0.05) is 12.1 Å². The van der Waals surface area contributed by atoms with E-state index in [2.05, 4.69) is 9.97 Å². The van der Waals surface area contributed by atoms with Crippen molar-refractivity contribution in [1.29, 1.82) is 0 Å². The molecule has 110 valence electrons. The second-order valence-corrected chi connectivity index (χ2v) is 4.75. The largest absolute Gasteiger partial charge is 0.497 e. The van der Waals surface area contributed by atoms with Crippen LogP contribution in [0.1, 0.15) is 21.9 Å². The summed E-state index contributed by atoms with van der Waals surface area (Å²) in [5.74, 6) is 0.763. The topological polar surface area (TPSA) is 75.6 Å². The molecular weight excluding hydrogens is 270 g/mol. The van der Waals surface area contributed by atoms with Crippen molar-refractivity contribution in [1.82, 2.24) is 9.97 Å². The van der Waals surface area contributed by atoms with E-state index in [1.54, 1.807) is 12.0 Å². The van der Waals surface area contributed by atoms with Gasteiger partial charge in [-0.05, 0) is 17.7 Å². The molecule has 0 aliphatic heterocycles. The summed E-state index contributed by atoms with van der Waals surface area (Å²) in [5.41, 5.74) is 0.986. The quantitative estimate of drug-likeness (QED) is 0.904. The summed E-state index contributed by atoms with van der Waals surface area (Å²) >= 11 is 0. The number of carboxylic acid groups (broad SMARTS) is 1. The van der Waals surface area contributed by atoms with Crippen molar-refractivity contribution in [2.75, 3.05) is 26.1 Å². The fraction of sp³-hybridized carbons (Fsp3) is 0.267. The Morgan fingerprint density at radius 2 is 1.90 bits per heavy atom. The second-order valence-electron chi connectivity index (χ2n) is 4.75. The molecule has 0 fully saturated rings. The number of carboxylic acids is 1. The molecule has 1 heterocycles. The number of hydrogen-bond acceptors (Lipinski definition) is 5. The van der Waals surface area contributed by atoms with E-state index in [9.17, 15) is 4.79 Å². The summed E-state index contributed by atoms with van der Waals surface area (Å²) in [7, 11) is 5.23. The average molecular weight is 287 g/mol. The van der Waals surface area contributed by atoms with Crippen LogP contribution in [0.4, 0.5) is 5.82 Å². The Balaban J connectivity index is 2.31. The lowest BCUT2D eigenvalue weighted by atomic mass is 10.1. The van der Waals surface area contributed by atoms with Crippen molar-refractivity contribution in [3.05, 3.63) is 47.4 Å². The fourth-order valence-corrected chi connectivity index (χ4v) is 1.83. The van der Waals surface area contributed by atoms with Crippen molar-refractivity contribution in [2.24, 2.45) is 0 Å². The SMILES string of the molecule is COc1ccc(Cc2nc(C(=O)O)cc(N(C)C)n2)cc1. The standard InChI is InChI=1S/C15H17N3O3/c1-18(2)14-9-12(15(19)20)16-13(17-14)8-10-4-6-11(21-3)7-5-10/h4-7,9H,8H2,1-3H3,(H,19,20). The predicted molar refractivity (Wildman–Crippen MR) is 79.1 cm³/mol. The summed E-state index contributed by atoms with van der Waals surface area (Å²) < 4.78 is 5.10. The zero-order chi connectivity index (χ0) is 15.4. The number of hydrogen-bond donors (Lipinski definition) is 1. The van der Waals surface area contributed by atoms with E-state index in [4.69, 9.17) is 9.84 Å². The minimum atomic E-state index is -1.06. The van der Waals surface area contributed by atoms with Crippen LogP contribution in [0.25, 0.3) is 0 Å². The first-order chi connectivity index (χ1) is 9.99. The Bertz CT molecular complexity index is 639. The van der Waals surface area contributed by atoms with E-state index in [1.807, 2.05) is 38.4 Å². The Morgan fingerprint density at radius 1 is 1.24 bits per heavy atom. The number of anilines is 1. The smallest absolute Gasteiger partial charge is 0.354 e. The monoisotopic (exact) mass is 287 g/mol. The number of carbonyl (C=O) groups is 1. The highest BCUT2D eigenvalue weighted by molar-refractivity contribution is 5.86. The van der Waals surface area contributed by atoms with Gasteiger partial charge in [-0.2, -0.15) is 0 Å². The van der Waals surface area contributed by atoms with Gasteiger partial charge in [-0.3, -0.25) is 0 Å². The van der Waals surface area contributed by atoms with Gasteiger partial charge < -0.3 is 14.7 Å². The first-order valence-electron chi connectivity index (χ1n) is 6.41. The summed E-state index contributed by atoms with van der Waals surface area (Å²) in [6.45, 7) is 0. The molecule has 0 bridgehead atoms. The van der Waals surface area contributed by atoms with Crippen LogP contribution in [0.3, 0.4) is 0 Å². The van der Waals surface area contributed by atoms with Crippen LogP contribution in [-0.2, 0) is 6.42 Å². The van der Waals surface area contributed by atoms with Gasteiger partial charge in [0.25, 0.3) is 0 Å². The van der Waals surface area contributed by atoms with Crippen LogP contribution >= 0.6 is 0 Å². The summed E-state index contributed by atoms with van der Waals surface area (Å²) in [5, 5.41) is 9.12. The molecule has 0 unspecified atom stereocenters. The zero-order valence-corrected chi connectivity index (χ0v) is 12.2. The van der Waals surface area contributed by atoms with Gasteiger partial charge in [-0.25, -0.2) is 14.8 Å². The molecule has 1 aromatic carbocycles. The lowest BCUT2D eigenvalue weighted by molar-refractivity contribution is 0.0690. The van der Waals surface area contributed by atoms with E-state index in [0.29, 0.717) is 18.1 Å². The molecule has 0 saturated carbocycles. The molecule has 0 amide bonds. The number of benzene rings is 1. The van der Waals surface area contributed by atoms with Crippen molar-refractivity contribution < 1.29 is 14.6 Å². The molecule has 0 saturated heterocycles. The minimum absolute atomic E-state index is 0.00258. The third-order valence-electron chi connectivity index (χ3n) is 2.96. The van der Waals surface area contributed by atoms with Crippen molar-refractivity contribution >= 4 is 11.8 Å². The number of rotatable bonds is 5. The number of methoxy groups -OCH3 is 1. The molecule has 1 aromatic heterocycles. The Kier molecular flexibility index (Phi) is 4.37.